The van der Waals surface area contributed by atoms with Gasteiger partial charge in [-0.25, -0.2) is 9.18 Å². The molecule has 2 unspecified atom stereocenters. The standard InChI is InChI=1S/C24H26FN3O3/c1-23(2)7-13-8-24(3,11-23)12-28(13)20-16(25)6-5-14-18-17(9-26-19(14)20)27(4)10-15(21(18)29)22(30)31/h5-6,9-10,13H,7-8,11-12H2,1-4H3,(H,30,31). The van der Waals surface area contributed by atoms with E-state index in [1.54, 1.807) is 23.9 Å². The van der Waals surface area contributed by atoms with Crippen LogP contribution in [0.4, 0.5) is 10.1 Å². The number of hydrogen-bond donors (Lipinski definition) is 1. The number of hydrogen-bond acceptors (Lipinski definition) is 4. The molecule has 6 nitrogen and oxygen atoms in total. The normalized spacial score (nSPS) is 24.8. The molecule has 3 aromatic rings. The molecule has 1 aliphatic carbocycles. The number of anilines is 1. The summed E-state index contributed by atoms with van der Waals surface area (Å²) in [5.41, 5.74) is 0.770. The van der Waals surface area contributed by atoms with Crippen molar-refractivity contribution in [1.29, 1.82) is 0 Å². The van der Waals surface area contributed by atoms with E-state index in [2.05, 4.69) is 30.7 Å². The molecule has 2 atom stereocenters. The predicted octanol–water partition coefficient (Wildman–Crippen LogP) is 4.33. The molecule has 0 amide bonds. The quantitative estimate of drug-likeness (QED) is 0.621. The fourth-order valence-corrected chi connectivity index (χ4v) is 6.33. The second-order valence-electron chi connectivity index (χ2n) is 10.4. The molecule has 162 valence electrons. The molecule has 5 rings (SSSR count). The van der Waals surface area contributed by atoms with Gasteiger partial charge >= 0.3 is 5.97 Å². The zero-order chi connectivity index (χ0) is 22.3. The molecular formula is C24H26FN3O3. The van der Waals surface area contributed by atoms with E-state index in [4.69, 9.17) is 0 Å². The van der Waals surface area contributed by atoms with E-state index in [-0.39, 0.29) is 33.6 Å². The number of fused-ring (bicyclic) bond motifs is 5. The summed E-state index contributed by atoms with van der Waals surface area (Å²) in [5, 5.41) is 10.2. The molecule has 7 heteroatoms. The monoisotopic (exact) mass is 423 g/mol. The van der Waals surface area contributed by atoms with E-state index in [0.717, 1.165) is 25.8 Å². The second-order valence-corrected chi connectivity index (χ2v) is 10.4. The molecule has 1 aromatic carbocycles. The first-order chi connectivity index (χ1) is 14.5. The molecular weight excluding hydrogens is 397 g/mol. The van der Waals surface area contributed by atoms with Crippen LogP contribution in [0.1, 0.15) is 50.4 Å². The van der Waals surface area contributed by atoms with Crippen molar-refractivity contribution >= 4 is 33.5 Å². The molecule has 1 N–H and O–H groups in total. The van der Waals surface area contributed by atoms with Crippen LogP contribution in [0.25, 0.3) is 21.8 Å². The minimum atomic E-state index is -1.28. The van der Waals surface area contributed by atoms with E-state index >= 15 is 4.39 Å². The van der Waals surface area contributed by atoms with Gasteiger partial charge in [0, 0.05) is 31.2 Å². The lowest BCUT2D eigenvalue weighted by molar-refractivity contribution is 0.0695. The van der Waals surface area contributed by atoms with E-state index in [9.17, 15) is 14.7 Å². The summed E-state index contributed by atoms with van der Waals surface area (Å²) in [5.74, 6) is -1.64. The van der Waals surface area contributed by atoms with Crippen LogP contribution in [0.5, 0.6) is 0 Å². The van der Waals surface area contributed by atoms with Crippen LogP contribution < -0.4 is 10.3 Å². The maximum atomic E-state index is 15.3. The van der Waals surface area contributed by atoms with Gasteiger partial charge in [-0.2, -0.15) is 0 Å². The SMILES string of the molecule is Cn1cc(C(=O)O)c(=O)c2c3ccc(F)c(N4CC5(C)CC4CC(C)(C)C5)c3ncc21. The van der Waals surface area contributed by atoms with Gasteiger partial charge in [0.1, 0.15) is 11.4 Å². The highest BCUT2D eigenvalue weighted by atomic mass is 19.1. The summed E-state index contributed by atoms with van der Waals surface area (Å²) < 4.78 is 16.9. The van der Waals surface area contributed by atoms with Gasteiger partial charge in [0.05, 0.1) is 28.3 Å². The lowest BCUT2D eigenvalue weighted by Crippen LogP contribution is -2.35. The van der Waals surface area contributed by atoms with Gasteiger partial charge in [0.25, 0.3) is 0 Å². The number of aromatic carboxylic acids is 1. The smallest absolute Gasteiger partial charge is 0.341 e. The van der Waals surface area contributed by atoms with Crippen molar-refractivity contribution in [2.75, 3.05) is 11.4 Å². The third kappa shape index (κ3) is 2.93. The van der Waals surface area contributed by atoms with Crippen LogP contribution in [0.3, 0.4) is 0 Å². The second kappa shape index (κ2) is 6.28. The Kier molecular flexibility index (Phi) is 4.04. The number of aromatic nitrogens is 2. The van der Waals surface area contributed by atoms with Crippen molar-refractivity contribution in [3.8, 4) is 0 Å². The average Bonchev–Trinajstić information content (AvgIpc) is 2.91. The molecule has 1 aliphatic heterocycles. The van der Waals surface area contributed by atoms with Crippen molar-refractivity contribution in [2.24, 2.45) is 17.9 Å². The number of halogens is 1. The maximum Gasteiger partial charge on any atom is 0.341 e. The third-order valence-electron chi connectivity index (χ3n) is 7.05. The highest BCUT2D eigenvalue weighted by Crippen LogP contribution is 2.54. The molecule has 3 heterocycles. The van der Waals surface area contributed by atoms with Crippen LogP contribution in [-0.2, 0) is 7.05 Å². The lowest BCUT2D eigenvalue weighted by Gasteiger charge is -2.39. The number of rotatable bonds is 2. The van der Waals surface area contributed by atoms with E-state index in [1.165, 1.54) is 12.3 Å². The van der Waals surface area contributed by atoms with Crippen LogP contribution in [0.2, 0.25) is 0 Å². The van der Waals surface area contributed by atoms with Crippen molar-refractivity contribution in [3.05, 3.63) is 46.1 Å². The molecule has 0 radical (unpaired) electrons. The Bertz CT molecular complexity index is 1330. The summed E-state index contributed by atoms with van der Waals surface area (Å²) >= 11 is 0. The minimum absolute atomic E-state index is 0.102. The van der Waals surface area contributed by atoms with Crippen LogP contribution >= 0.6 is 0 Å². The van der Waals surface area contributed by atoms with Gasteiger partial charge in [0.2, 0.25) is 5.43 Å². The molecule has 2 bridgehead atoms. The Labute approximate surface area is 179 Å². The van der Waals surface area contributed by atoms with Gasteiger partial charge in [0.15, 0.2) is 0 Å². The summed E-state index contributed by atoms with van der Waals surface area (Å²) in [6.07, 6.45) is 5.90. The Balaban J connectivity index is 1.80. The largest absolute Gasteiger partial charge is 0.477 e. The summed E-state index contributed by atoms with van der Waals surface area (Å²) in [4.78, 5) is 31.4. The zero-order valence-corrected chi connectivity index (χ0v) is 18.2. The number of carboxylic acid groups (broad SMARTS) is 1. The Morgan fingerprint density at radius 2 is 2.00 bits per heavy atom. The van der Waals surface area contributed by atoms with Gasteiger partial charge in [-0.3, -0.25) is 9.78 Å². The summed E-state index contributed by atoms with van der Waals surface area (Å²) in [6, 6.07) is 3.13. The fraction of sp³-hybridized carbons (Fsp3) is 0.458. The highest BCUT2D eigenvalue weighted by Gasteiger charge is 2.50. The molecule has 31 heavy (non-hydrogen) atoms. The first-order valence-electron chi connectivity index (χ1n) is 10.6. The molecule has 2 aromatic heterocycles. The maximum absolute atomic E-state index is 15.3. The minimum Gasteiger partial charge on any atom is -0.477 e. The molecule has 1 saturated carbocycles. The lowest BCUT2D eigenvalue weighted by atomic mass is 9.65. The molecule has 2 fully saturated rings. The Hall–Kier alpha value is -2.96. The first-order valence-corrected chi connectivity index (χ1v) is 10.6. The molecule has 0 spiro atoms. The molecule has 2 aliphatic rings. The average molecular weight is 423 g/mol. The van der Waals surface area contributed by atoms with Crippen molar-refractivity contribution in [2.45, 2.75) is 46.1 Å². The summed E-state index contributed by atoms with van der Waals surface area (Å²) in [7, 11) is 1.68. The van der Waals surface area contributed by atoms with Crippen molar-refractivity contribution in [1.82, 2.24) is 9.55 Å². The van der Waals surface area contributed by atoms with Gasteiger partial charge < -0.3 is 14.6 Å². The zero-order valence-electron chi connectivity index (χ0n) is 18.2. The van der Waals surface area contributed by atoms with E-state index < -0.39 is 11.4 Å². The number of carbonyl (C=O) groups is 1. The number of aryl methyl sites for hydroxylation is 1. The van der Waals surface area contributed by atoms with Crippen molar-refractivity contribution < 1.29 is 14.3 Å². The van der Waals surface area contributed by atoms with Crippen LogP contribution in [0, 0.1) is 16.6 Å². The van der Waals surface area contributed by atoms with Gasteiger partial charge in [-0.15, -0.1) is 0 Å². The number of nitrogens with zero attached hydrogens (tertiary/aromatic N) is 3. The first kappa shape index (κ1) is 20.0. The number of pyridine rings is 2. The van der Waals surface area contributed by atoms with E-state index in [0.29, 0.717) is 22.1 Å². The van der Waals surface area contributed by atoms with Gasteiger partial charge in [-0.1, -0.05) is 20.8 Å². The number of benzene rings is 1. The predicted molar refractivity (Wildman–Crippen MR) is 118 cm³/mol. The Morgan fingerprint density at radius 1 is 1.26 bits per heavy atom. The molecule has 1 saturated heterocycles. The van der Waals surface area contributed by atoms with Crippen molar-refractivity contribution in [3.63, 3.8) is 0 Å². The summed E-state index contributed by atoms with van der Waals surface area (Å²) in [6.45, 7) is 7.54. The highest BCUT2D eigenvalue weighted by molar-refractivity contribution is 6.09. The topological polar surface area (TPSA) is 75.4 Å². The van der Waals surface area contributed by atoms with Crippen LogP contribution in [-0.4, -0.2) is 33.2 Å². The van der Waals surface area contributed by atoms with E-state index in [1.807, 2.05) is 0 Å². The fourth-order valence-electron chi connectivity index (χ4n) is 6.33. The van der Waals surface area contributed by atoms with Crippen LogP contribution in [0.15, 0.2) is 29.3 Å². The van der Waals surface area contributed by atoms with Gasteiger partial charge in [-0.05, 0) is 42.2 Å². The third-order valence-corrected chi connectivity index (χ3v) is 7.05. The number of carboxylic acids is 1. The Morgan fingerprint density at radius 3 is 2.71 bits per heavy atom.